The number of sulfonamides is 1. The van der Waals surface area contributed by atoms with Gasteiger partial charge >= 0.3 is 0 Å². The summed E-state index contributed by atoms with van der Waals surface area (Å²) in [6.07, 6.45) is 6.46. The fourth-order valence-corrected chi connectivity index (χ4v) is 8.55. The average molecular weight is 446 g/mol. The Bertz CT molecular complexity index is 727. The SMILES string of the molecule is CN1C(=O)C(C)(C)C2CC(S(=O)(=O)N3CCN(C4CCC(Cl)CC4)CC3)CCC21. The van der Waals surface area contributed by atoms with Crippen LogP contribution in [0.3, 0.4) is 0 Å². The fraction of sp³-hybridized carbons (Fsp3) is 0.952. The van der Waals surface area contributed by atoms with E-state index in [1.54, 1.807) is 4.31 Å². The van der Waals surface area contributed by atoms with E-state index in [1.165, 1.54) is 0 Å². The van der Waals surface area contributed by atoms with Crippen molar-refractivity contribution in [3.05, 3.63) is 0 Å². The van der Waals surface area contributed by atoms with Crippen molar-refractivity contribution in [2.45, 2.75) is 81.5 Å². The summed E-state index contributed by atoms with van der Waals surface area (Å²) in [4.78, 5) is 16.9. The highest BCUT2D eigenvalue weighted by atomic mass is 35.5. The molecule has 2 aliphatic carbocycles. The van der Waals surface area contributed by atoms with Crippen molar-refractivity contribution in [2.24, 2.45) is 11.3 Å². The second-order valence-electron chi connectivity index (χ2n) is 10.1. The van der Waals surface area contributed by atoms with Crippen molar-refractivity contribution in [1.82, 2.24) is 14.1 Å². The van der Waals surface area contributed by atoms with Crippen LogP contribution in [0.5, 0.6) is 0 Å². The van der Waals surface area contributed by atoms with Crippen LogP contribution in [0.2, 0.25) is 0 Å². The largest absolute Gasteiger partial charge is 0.342 e. The first-order valence-corrected chi connectivity index (χ1v) is 13.2. The molecule has 0 spiro atoms. The van der Waals surface area contributed by atoms with Crippen LogP contribution < -0.4 is 0 Å². The molecule has 166 valence electrons. The molecule has 0 aromatic carbocycles. The maximum atomic E-state index is 13.4. The van der Waals surface area contributed by atoms with Gasteiger partial charge in [0, 0.05) is 56.1 Å². The highest BCUT2D eigenvalue weighted by Crippen LogP contribution is 2.48. The molecular formula is C21H36ClN3O3S. The smallest absolute Gasteiger partial charge is 0.228 e. The van der Waals surface area contributed by atoms with E-state index in [1.807, 2.05) is 25.8 Å². The number of alkyl halides is 1. The minimum Gasteiger partial charge on any atom is -0.342 e. The summed E-state index contributed by atoms with van der Waals surface area (Å²) in [5.74, 6) is 0.284. The van der Waals surface area contributed by atoms with Gasteiger partial charge in [-0.05, 0) is 50.9 Å². The molecule has 0 bridgehead atoms. The molecule has 4 rings (SSSR count). The third kappa shape index (κ3) is 3.85. The van der Waals surface area contributed by atoms with Gasteiger partial charge in [0.15, 0.2) is 0 Å². The first-order chi connectivity index (χ1) is 13.6. The Labute approximate surface area is 181 Å². The van der Waals surface area contributed by atoms with Gasteiger partial charge in [-0.15, -0.1) is 11.6 Å². The number of hydrogen-bond donors (Lipinski definition) is 0. The summed E-state index contributed by atoms with van der Waals surface area (Å²) in [5.41, 5.74) is -0.465. The van der Waals surface area contributed by atoms with Crippen molar-refractivity contribution < 1.29 is 13.2 Å². The molecule has 0 radical (unpaired) electrons. The van der Waals surface area contributed by atoms with E-state index >= 15 is 0 Å². The molecule has 8 heteroatoms. The number of carbonyl (C=O) groups excluding carboxylic acids is 1. The van der Waals surface area contributed by atoms with Gasteiger partial charge in [-0.1, -0.05) is 13.8 Å². The number of hydrogen-bond acceptors (Lipinski definition) is 4. The Morgan fingerprint density at radius 3 is 2.21 bits per heavy atom. The molecule has 2 saturated heterocycles. The molecule has 29 heavy (non-hydrogen) atoms. The van der Waals surface area contributed by atoms with Crippen LogP contribution in [0.4, 0.5) is 0 Å². The molecule has 6 nitrogen and oxygen atoms in total. The lowest BCUT2D eigenvalue weighted by molar-refractivity contribution is -0.134. The van der Waals surface area contributed by atoms with Gasteiger partial charge in [-0.2, -0.15) is 4.31 Å². The Hall–Kier alpha value is -0.370. The van der Waals surface area contributed by atoms with Gasteiger partial charge in [0.1, 0.15) is 0 Å². The number of likely N-dealkylation sites (tertiary alicyclic amines) is 1. The lowest BCUT2D eigenvalue weighted by atomic mass is 9.72. The van der Waals surface area contributed by atoms with E-state index in [4.69, 9.17) is 11.6 Å². The topological polar surface area (TPSA) is 60.9 Å². The monoisotopic (exact) mass is 445 g/mol. The molecule has 2 saturated carbocycles. The molecule has 4 aliphatic rings. The van der Waals surface area contributed by atoms with E-state index in [9.17, 15) is 13.2 Å². The Balaban J connectivity index is 1.38. The second kappa shape index (κ2) is 7.95. The summed E-state index contributed by atoms with van der Waals surface area (Å²) in [6.45, 7) is 6.80. The van der Waals surface area contributed by atoms with Crippen LogP contribution in [0.25, 0.3) is 0 Å². The molecule has 0 aromatic rings. The van der Waals surface area contributed by atoms with E-state index in [0.29, 0.717) is 37.4 Å². The van der Waals surface area contributed by atoms with Crippen LogP contribution in [0, 0.1) is 11.3 Å². The molecule has 3 unspecified atom stereocenters. The molecule has 2 aliphatic heterocycles. The normalized spacial score (nSPS) is 39.5. The van der Waals surface area contributed by atoms with E-state index in [2.05, 4.69) is 4.90 Å². The van der Waals surface area contributed by atoms with E-state index in [-0.39, 0.29) is 23.1 Å². The predicted octanol–water partition coefficient (Wildman–Crippen LogP) is 2.52. The minimum absolute atomic E-state index is 0.126. The van der Waals surface area contributed by atoms with Crippen LogP contribution in [0.1, 0.15) is 58.8 Å². The molecule has 1 amide bonds. The van der Waals surface area contributed by atoms with Gasteiger partial charge in [-0.25, -0.2) is 8.42 Å². The standard InChI is InChI=1S/C21H36ClN3O3S/c1-21(2)18-14-17(8-9-19(18)23(3)20(21)26)29(27,28)25-12-10-24(11-13-25)16-6-4-15(22)5-7-16/h15-19H,4-14H2,1-3H3. The molecule has 3 atom stereocenters. The number of fused-ring (bicyclic) bond motifs is 1. The highest BCUT2D eigenvalue weighted by Gasteiger charge is 2.55. The summed E-state index contributed by atoms with van der Waals surface area (Å²) < 4.78 is 28.6. The van der Waals surface area contributed by atoms with Gasteiger partial charge in [0.2, 0.25) is 15.9 Å². The number of piperazine rings is 1. The predicted molar refractivity (Wildman–Crippen MR) is 115 cm³/mol. The van der Waals surface area contributed by atoms with E-state index < -0.39 is 15.4 Å². The van der Waals surface area contributed by atoms with Gasteiger partial charge in [0.05, 0.1) is 5.25 Å². The molecule has 0 N–H and O–H groups in total. The number of carbonyl (C=O) groups is 1. The summed E-state index contributed by atoms with van der Waals surface area (Å²) in [6, 6.07) is 0.754. The molecule has 2 heterocycles. The van der Waals surface area contributed by atoms with Crippen molar-refractivity contribution in [3.8, 4) is 0 Å². The Kier molecular flexibility index (Phi) is 5.99. The van der Waals surface area contributed by atoms with Crippen molar-refractivity contribution in [3.63, 3.8) is 0 Å². The van der Waals surface area contributed by atoms with Crippen LogP contribution in [0.15, 0.2) is 0 Å². The zero-order valence-corrected chi connectivity index (χ0v) is 19.6. The van der Waals surface area contributed by atoms with Crippen LogP contribution >= 0.6 is 11.6 Å². The molecule has 4 fully saturated rings. The Morgan fingerprint density at radius 2 is 1.59 bits per heavy atom. The lowest BCUT2D eigenvalue weighted by Gasteiger charge is -2.43. The Morgan fingerprint density at radius 1 is 0.966 bits per heavy atom. The zero-order valence-electron chi connectivity index (χ0n) is 18.0. The number of nitrogens with zero attached hydrogens (tertiary/aromatic N) is 3. The number of rotatable bonds is 3. The van der Waals surface area contributed by atoms with Crippen LogP contribution in [-0.2, 0) is 14.8 Å². The maximum Gasteiger partial charge on any atom is 0.228 e. The van der Waals surface area contributed by atoms with Crippen molar-refractivity contribution >= 4 is 27.5 Å². The lowest BCUT2D eigenvalue weighted by Crippen LogP contribution is -2.55. The first-order valence-electron chi connectivity index (χ1n) is 11.3. The molecular weight excluding hydrogens is 410 g/mol. The minimum atomic E-state index is -3.32. The molecule has 0 aromatic heterocycles. The number of halogens is 1. The van der Waals surface area contributed by atoms with Gasteiger partial charge < -0.3 is 4.90 Å². The third-order valence-corrected chi connectivity index (χ3v) is 11.1. The maximum absolute atomic E-state index is 13.4. The third-order valence-electron chi connectivity index (χ3n) is 8.26. The van der Waals surface area contributed by atoms with Gasteiger partial charge in [0.25, 0.3) is 0 Å². The average Bonchev–Trinajstić information content (AvgIpc) is 2.89. The summed E-state index contributed by atoms with van der Waals surface area (Å²) in [7, 11) is -1.44. The summed E-state index contributed by atoms with van der Waals surface area (Å²) in [5, 5.41) is -0.0330. The summed E-state index contributed by atoms with van der Waals surface area (Å²) >= 11 is 6.24. The second-order valence-corrected chi connectivity index (χ2v) is 13.0. The van der Waals surface area contributed by atoms with Crippen molar-refractivity contribution in [2.75, 3.05) is 33.2 Å². The van der Waals surface area contributed by atoms with E-state index in [0.717, 1.165) is 45.2 Å². The fourth-order valence-electron chi connectivity index (χ4n) is 6.32. The number of amides is 1. The van der Waals surface area contributed by atoms with Gasteiger partial charge in [-0.3, -0.25) is 9.69 Å². The first kappa shape index (κ1) is 21.8. The van der Waals surface area contributed by atoms with Crippen LogP contribution in [-0.4, -0.2) is 84.4 Å². The quantitative estimate of drug-likeness (QED) is 0.626. The highest BCUT2D eigenvalue weighted by molar-refractivity contribution is 7.89. The zero-order chi connectivity index (χ0) is 21.0. The van der Waals surface area contributed by atoms with Crippen molar-refractivity contribution in [1.29, 1.82) is 0 Å².